The van der Waals surface area contributed by atoms with Gasteiger partial charge in [0.2, 0.25) is 0 Å². The van der Waals surface area contributed by atoms with Crippen LogP contribution in [0.1, 0.15) is 89.0 Å². The van der Waals surface area contributed by atoms with Crippen molar-refractivity contribution in [1.82, 2.24) is 0 Å². The van der Waals surface area contributed by atoms with Gasteiger partial charge >= 0.3 is 0 Å². The molecule has 4 heteroatoms. The van der Waals surface area contributed by atoms with Crippen molar-refractivity contribution < 1.29 is 17.6 Å². The van der Waals surface area contributed by atoms with Crippen LogP contribution in [0.2, 0.25) is 0 Å². The summed E-state index contributed by atoms with van der Waals surface area (Å²) in [5.41, 5.74) is 0.218. The Morgan fingerprint density at radius 2 is 1.38 bits per heavy atom. The number of halogens is 4. The molecule has 0 radical (unpaired) electrons. The Balaban J connectivity index is 1.42. The molecule has 0 nitrogen and oxygen atoms in total. The zero-order valence-corrected chi connectivity index (χ0v) is 19.0. The van der Waals surface area contributed by atoms with E-state index in [0.29, 0.717) is 17.5 Å². The third-order valence-electron chi connectivity index (χ3n) is 7.87. The summed E-state index contributed by atoms with van der Waals surface area (Å²) < 4.78 is 56.9. The second-order valence-electron chi connectivity index (χ2n) is 10.1. The van der Waals surface area contributed by atoms with Crippen molar-refractivity contribution in [2.24, 2.45) is 17.8 Å². The molecule has 0 aromatic heterocycles. The highest BCUT2D eigenvalue weighted by molar-refractivity contribution is 5.65. The standard InChI is InChI=1S/C28H34F4/c1-2-3-4-5-6-18-7-8-20-12-21(10-9-19(20)11-18)22-15-26(31)28(27(32)16-22)23-13-24(29)17-25(30)14-23/h13-21H,2-12H2,1H3. The fourth-order valence-corrected chi connectivity index (χ4v) is 6.21. The zero-order chi connectivity index (χ0) is 22.7. The lowest BCUT2D eigenvalue weighted by atomic mass is 9.63. The van der Waals surface area contributed by atoms with Gasteiger partial charge in [0, 0.05) is 6.07 Å². The summed E-state index contributed by atoms with van der Waals surface area (Å²) in [6.07, 6.45) is 13.5. The topological polar surface area (TPSA) is 0 Å². The first-order valence-electron chi connectivity index (χ1n) is 12.4. The Kier molecular flexibility index (Phi) is 7.58. The highest BCUT2D eigenvalue weighted by Crippen LogP contribution is 2.49. The summed E-state index contributed by atoms with van der Waals surface area (Å²) in [5, 5.41) is 0. The molecule has 32 heavy (non-hydrogen) atoms. The van der Waals surface area contributed by atoms with Crippen molar-refractivity contribution >= 4 is 0 Å². The van der Waals surface area contributed by atoms with Gasteiger partial charge in [0.25, 0.3) is 0 Å². The minimum Gasteiger partial charge on any atom is -0.207 e. The van der Waals surface area contributed by atoms with Gasteiger partial charge in [-0.3, -0.25) is 0 Å². The smallest absolute Gasteiger partial charge is 0.134 e. The van der Waals surface area contributed by atoms with Crippen molar-refractivity contribution in [2.75, 3.05) is 0 Å². The molecule has 0 saturated heterocycles. The van der Waals surface area contributed by atoms with Gasteiger partial charge in [-0.2, -0.15) is 0 Å². The molecule has 2 saturated carbocycles. The molecule has 0 heterocycles. The Morgan fingerprint density at radius 1 is 0.719 bits per heavy atom. The average Bonchev–Trinajstić information content (AvgIpc) is 2.75. The highest BCUT2D eigenvalue weighted by Gasteiger charge is 2.36. The monoisotopic (exact) mass is 446 g/mol. The molecular weight excluding hydrogens is 412 g/mol. The first-order chi connectivity index (χ1) is 15.4. The second kappa shape index (κ2) is 10.4. The molecule has 2 aromatic rings. The minimum absolute atomic E-state index is 0.106. The van der Waals surface area contributed by atoms with Gasteiger partial charge in [-0.15, -0.1) is 0 Å². The molecule has 0 spiro atoms. The van der Waals surface area contributed by atoms with E-state index in [4.69, 9.17) is 0 Å². The van der Waals surface area contributed by atoms with Gasteiger partial charge in [-0.05, 0) is 91.2 Å². The van der Waals surface area contributed by atoms with Crippen molar-refractivity contribution in [3.63, 3.8) is 0 Å². The molecule has 2 fully saturated rings. The van der Waals surface area contributed by atoms with Crippen LogP contribution in [0.4, 0.5) is 17.6 Å². The van der Waals surface area contributed by atoms with Crippen molar-refractivity contribution in [3.05, 3.63) is 59.2 Å². The number of hydrogen-bond donors (Lipinski definition) is 0. The quantitative estimate of drug-likeness (QED) is 0.294. The van der Waals surface area contributed by atoms with Crippen LogP contribution in [0, 0.1) is 41.0 Å². The first-order valence-corrected chi connectivity index (χ1v) is 12.4. The van der Waals surface area contributed by atoms with Gasteiger partial charge in [0.05, 0.1) is 5.56 Å². The summed E-state index contributed by atoms with van der Waals surface area (Å²) in [6.45, 7) is 2.25. The van der Waals surface area contributed by atoms with Gasteiger partial charge in [-0.25, -0.2) is 17.6 Å². The lowest BCUT2D eigenvalue weighted by Gasteiger charge is -2.42. The molecular formula is C28H34F4. The van der Waals surface area contributed by atoms with Crippen LogP contribution in [0.15, 0.2) is 30.3 Å². The van der Waals surface area contributed by atoms with E-state index in [1.54, 1.807) is 0 Å². The van der Waals surface area contributed by atoms with Crippen molar-refractivity contribution in [3.8, 4) is 11.1 Å². The number of unbranched alkanes of at least 4 members (excludes halogenated alkanes) is 3. The first kappa shape index (κ1) is 23.3. The Morgan fingerprint density at radius 3 is 2.06 bits per heavy atom. The van der Waals surface area contributed by atoms with Gasteiger partial charge in [0.15, 0.2) is 0 Å². The van der Waals surface area contributed by atoms with Gasteiger partial charge in [-0.1, -0.05) is 45.4 Å². The van der Waals surface area contributed by atoms with Crippen LogP contribution >= 0.6 is 0 Å². The SMILES string of the molecule is CCCCCCC1CCC2CC(c3cc(F)c(-c4cc(F)cc(F)c4)c(F)c3)CCC2C1. The average molecular weight is 447 g/mol. The molecule has 0 N–H and O–H groups in total. The summed E-state index contributed by atoms with van der Waals surface area (Å²) in [5.74, 6) is -0.788. The van der Waals surface area contributed by atoms with E-state index in [0.717, 1.165) is 43.2 Å². The van der Waals surface area contributed by atoms with Crippen LogP contribution in [0.3, 0.4) is 0 Å². The maximum atomic E-state index is 14.9. The fourth-order valence-electron chi connectivity index (χ4n) is 6.21. The lowest BCUT2D eigenvalue weighted by Crippen LogP contribution is -2.30. The van der Waals surface area contributed by atoms with Crippen LogP contribution in [-0.2, 0) is 0 Å². The molecule has 4 rings (SSSR count). The zero-order valence-electron chi connectivity index (χ0n) is 19.0. The maximum absolute atomic E-state index is 14.9. The second-order valence-corrected chi connectivity index (χ2v) is 10.1. The third-order valence-corrected chi connectivity index (χ3v) is 7.87. The molecule has 4 atom stereocenters. The largest absolute Gasteiger partial charge is 0.207 e. The van der Waals surface area contributed by atoms with Gasteiger partial charge in [0.1, 0.15) is 23.3 Å². The predicted molar refractivity (Wildman–Crippen MR) is 121 cm³/mol. The maximum Gasteiger partial charge on any atom is 0.134 e. The number of benzene rings is 2. The van der Waals surface area contributed by atoms with E-state index in [9.17, 15) is 17.6 Å². The molecule has 174 valence electrons. The molecule has 2 aliphatic carbocycles. The molecule has 0 aliphatic heterocycles. The van der Waals surface area contributed by atoms with Crippen LogP contribution < -0.4 is 0 Å². The summed E-state index contributed by atoms with van der Waals surface area (Å²) in [7, 11) is 0. The third kappa shape index (κ3) is 5.38. The molecule has 2 aromatic carbocycles. The van der Waals surface area contributed by atoms with Gasteiger partial charge < -0.3 is 0 Å². The van der Waals surface area contributed by atoms with Crippen LogP contribution in [0.5, 0.6) is 0 Å². The lowest BCUT2D eigenvalue weighted by molar-refractivity contribution is 0.113. The number of hydrogen-bond acceptors (Lipinski definition) is 0. The Bertz CT molecular complexity index is 878. The van der Waals surface area contributed by atoms with E-state index in [1.165, 1.54) is 63.5 Å². The normalized spacial score (nSPS) is 25.5. The predicted octanol–water partition coefficient (Wildman–Crippen LogP) is 9.18. The number of fused-ring (bicyclic) bond motifs is 1. The Labute approximate surface area is 189 Å². The Hall–Kier alpha value is -1.84. The van der Waals surface area contributed by atoms with Crippen LogP contribution in [0.25, 0.3) is 11.1 Å². The van der Waals surface area contributed by atoms with E-state index >= 15 is 0 Å². The van der Waals surface area contributed by atoms with Crippen molar-refractivity contribution in [1.29, 1.82) is 0 Å². The van der Waals surface area contributed by atoms with E-state index in [1.807, 2.05) is 0 Å². The van der Waals surface area contributed by atoms with E-state index in [2.05, 4.69) is 6.92 Å². The summed E-state index contributed by atoms with van der Waals surface area (Å²) in [4.78, 5) is 0. The molecule has 4 unspecified atom stereocenters. The molecule has 0 amide bonds. The van der Waals surface area contributed by atoms with E-state index < -0.39 is 23.3 Å². The molecule has 0 bridgehead atoms. The van der Waals surface area contributed by atoms with Crippen molar-refractivity contribution in [2.45, 2.75) is 83.5 Å². The fraction of sp³-hybridized carbons (Fsp3) is 0.571. The minimum atomic E-state index is -0.845. The highest BCUT2D eigenvalue weighted by atomic mass is 19.1. The molecule has 2 aliphatic rings. The summed E-state index contributed by atoms with van der Waals surface area (Å²) >= 11 is 0. The summed E-state index contributed by atoms with van der Waals surface area (Å²) in [6, 6.07) is 5.40. The van der Waals surface area contributed by atoms with Crippen LogP contribution in [-0.4, -0.2) is 0 Å². The van der Waals surface area contributed by atoms with E-state index in [-0.39, 0.29) is 17.0 Å². The number of rotatable bonds is 7.